The number of hydrogen-bond acceptors (Lipinski definition) is 3. The maximum Gasteiger partial charge on any atom is 0.323 e. The van der Waals surface area contributed by atoms with Crippen LogP contribution in [0.1, 0.15) is 11.1 Å². The Bertz CT molecular complexity index is 528. The van der Waals surface area contributed by atoms with Crippen LogP contribution in [0.25, 0.3) is 0 Å². The zero-order valence-electron chi connectivity index (χ0n) is 11.9. The van der Waals surface area contributed by atoms with Gasteiger partial charge in [0.2, 0.25) is 0 Å². The molecular weight excluding hydrogens is 276 g/mol. The summed E-state index contributed by atoms with van der Waals surface area (Å²) >= 11 is 0. The fraction of sp³-hybridized carbons (Fsp3) is 0.357. The molecule has 2 N–H and O–H groups in total. The Balaban J connectivity index is 2.77. The summed E-state index contributed by atoms with van der Waals surface area (Å²) in [5.41, 5.74) is 1.93. The number of rotatable bonds is 6. The number of aliphatic carboxylic acids is 2. The molecule has 0 aliphatic carbocycles. The van der Waals surface area contributed by atoms with Crippen LogP contribution in [0.5, 0.6) is 0 Å². The van der Waals surface area contributed by atoms with Gasteiger partial charge in [-0.25, -0.2) is 4.79 Å². The van der Waals surface area contributed by atoms with E-state index in [0.717, 1.165) is 16.0 Å². The molecule has 0 saturated carbocycles. The van der Waals surface area contributed by atoms with Crippen LogP contribution in [0.3, 0.4) is 0 Å². The summed E-state index contributed by atoms with van der Waals surface area (Å²) in [6.07, 6.45) is 0. The highest BCUT2D eigenvalue weighted by atomic mass is 16.4. The minimum Gasteiger partial charge on any atom is -0.480 e. The summed E-state index contributed by atoms with van der Waals surface area (Å²) in [6, 6.07) is 6.89. The maximum atomic E-state index is 12.1. The summed E-state index contributed by atoms with van der Waals surface area (Å²) in [4.78, 5) is 35.6. The fourth-order valence-electron chi connectivity index (χ4n) is 1.91. The van der Waals surface area contributed by atoms with Crippen molar-refractivity contribution in [3.8, 4) is 0 Å². The highest BCUT2D eigenvalue weighted by molar-refractivity contribution is 5.84. The lowest BCUT2D eigenvalue weighted by Crippen LogP contribution is -2.45. The number of carboxylic acid groups (broad SMARTS) is 2. The normalized spacial score (nSPS) is 10.0. The van der Waals surface area contributed by atoms with Crippen LogP contribution < -0.4 is 0 Å². The second kappa shape index (κ2) is 7.28. The third kappa shape index (κ3) is 5.52. The standard InChI is InChI=1S/C14H18N2O5/c1-10-4-3-5-11(6-10)7-15(2)14(21)16(8-12(17)18)9-13(19)20/h3-6H,7-9H2,1-2H3,(H,17,18)(H,19,20). The summed E-state index contributed by atoms with van der Waals surface area (Å²) < 4.78 is 0. The third-order valence-corrected chi connectivity index (χ3v) is 2.75. The van der Waals surface area contributed by atoms with Gasteiger partial charge >= 0.3 is 18.0 Å². The molecule has 0 aromatic heterocycles. The molecule has 0 atom stereocenters. The second-order valence-corrected chi connectivity index (χ2v) is 4.77. The molecule has 1 rings (SSSR count). The van der Waals surface area contributed by atoms with Gasteiger partial charge in [-0.3, -0.25) is 9.59 Å². The highest BCUT2D eigenvalue weighted by Gasteiger charge is 2.22. The average molecular weight is 294 g/mol. The van der Waals surface area contributed by atoms with Gasteiger partial charge in [-0.15, -0.1) is 0 Å². The zero-order chi connectivity index (χ0) is 16.0. The molecule has 0 aliphatic heterocycles. The van der Waals surface area contributed by atoms with Crippen molar-refractivity contribution in [3.05, 3.63) is 35.4 Å². The monoisotopic (exact) mass is 294 g/mol. The maximum absolute atomic E-state index is 12.1. The summed E-state index contributed by atoms with van der Waals surface area (Å²) in [6.45, 7) is 0.898. The molecule has 0 aliphatic rings. The third-order valence-electron chi connectivity index (χ3n) is 2.75. The second-order valence-electron chi connectivity index (χ2n) is 4.77. The number of urea groups is 1. The van der Waals surface area contributed by atoms with Crippen molar-refractivity contribution in [1.82, 2.24) is 9.80 Å². The number of carboxylic acids is 2. The largest absolute Gasteiger partial charge is 0.480 e. The van der Waals surface area contributed by atoms with E-state index in [2.05, 4.69) is 0 Å². The number of carbonyl (C=O) groups is 3. The molecule has 0 radical (unpaired) electrons. The van der Waals surface area contributed by atoms with Crippen molar-refractivity contribution in [1.29, 1.82) is 0 Å². The van der Waals surface area contributed by atoms with Crippen LogP contribution >= 0.6 is 0 Å². The van der Waals surface area contributed by atoms with Crippen LogP contribution in [0.15, 0.2) is 24.3 Å². The Labute approximate surface area is 122 Å². The fourth-order valence-corrected chi connectivity index (χ4v) is 1.91. The first-order valence-electron chi connectivity index (χ1n) is 6.28. The zero-order valence-corrected chi connectivity index (χ0v) is 11.9. The first kappa shape index (κ1) is 16.5. The molecular formula is C14H18N2O5. The first-order valence-corrected chi connectivity index (χ1v) is 6.28. The highest BCUT2D eigenvalue weighted by Crippen LogP contribution is 2.08. The van der Waals surface area contributed by atoms with Gasteiger partial charge in [-0.1, -0.05) is 29.8 Å². The van der Waals surface area contributed by atoms with Crippen molar-refractivity contribution in [2.45, 2.75) is 13.5 Å². The predicted molar refractivity (Wildman–Crippen MR) is 74.9 cm³/mol. The van der Waals surface area contributed by atoms with Crippen LogP contribution in [-0.4, -0.2) is 58.1 Å². The Hall–Kier alpha value is -2.57. The molecule has 2 amide bonds. The molecule has 0 saturated heterocycles. The molecule has 7 heteroatoms. The van der Waals surface area contributed by atoms with Crippen molar-refractivity contribution in [2.24, 2.45) is 0 Å². The average Bonchev–Trinajstić information content (AvgIpc) is 2.35. The molecule has 7 nitrogen and oxygen atoms in total. The van der Waals surface area contributed by atoms with Crippen LogP contribution in [-0.2, 0) is 16.1 Å². The number of carbonyl (C=O) groups excluding carboxylic acids is 1. The lowest BCUT2D eigenvalue weighted by molar-refractivity contribution is -0.140. The summed E-state index contributed by atoms with van der Waals surface area (Å²) in [7, 11) is 1.50. The van der Waals surface area contributed by atoms with E-state index in [-0.39, 0.29) is 6.54 Å². The van der Waals surface area contributed by atoms with Crippen LogP contribution in [0.4, 0.5) is 4.79 Å². The number of nitrogens with zero attached hydrogens (tertiary/aromatic N) is 2. The van der Waals surface area contributed by atoms with Gasteiger partial charge in [-0.2, -0.15) is 0 Å². The molecule has 1 aromatic rings. The van der Waals surface area contributed by atoms with Crippen molar-refractivity contribution >= 4 is 18.0 Å². The first-order chi connectivity index (χ1) is 9.79. The van der Waals surface area contributed by atoms with E-state index in [1.165, 1.54) is 11.9 Å². The smallest absolute Gasteiger partial charge is 0.323 e. The number of hydrogen-bond donors (Lipinski definition) is 2. The van der Waals surface area contributed by atoms with E-state index < -0.39 is 31.1 Å². The lowest BCUT2D eigenvalue weighted by atomic mass is 10.1. The Morgan fingerprint density at radius 1 is 1.10 bits per heavy atom. The number of amides is 2. The van der Waals surface area contributed by atoms with E-state index in [1.807, 2.05) is 31.2 Å². The SMILES string of the molecule is Cc1cccc(CN(C)C(=O)N(CC(=O)O)CC(=O)O)c1. The van der Waals surface area contributed by atoms with Gasteiger partial charge in [0, 0.05) is 13.6 Å². The Morgan fingerprint density at radius 3 is 2.14 bits per heavy atom. The Morgan fingerprint density at radius 2 is 1.67 bits per heavy atom. The van der Waals surface area contributed by atoms with E-state index >= 15 is 0 Å². The molecule has 0 fully saturated rings. The molecule has 114 valence electrons. The molecule has 21 heavy (non-hydrogen) atoms. The summed E-state index contributed by atoms with van der Waals surface area (Å²) in [5.74, 6) is -2.51. The van der Waals surface area contributed by atoms with E-state index in [9.17, 15) is 14.4 Å². The Kier molecular flexibility index (Phi) is 5.71. The summed E-state index contributed by atoms with van der Waals surface area (Å²) in [5, 5.41) is 17.5. The quantitative estimate of drug-likeness (QED) is 0.816. The van der Waals surface area contributed by atoms with Crippen molar-refractivity contribution in [2.75, 3.05) is 20.1 Å². The lowest BCUT2D eigenvalue weighted by Gasteiger charge is -2.25. The van der Waals surface area contributed by atoms with Crippen molar-refractivity contribution < 1.29 is 24.6 Å². The van der Waals surface area contributed by atoms with Crippen LogP contribution in [0, 0.1) is 6.92 Å². The molecule has 0 bridgehead atoms. The van der Waals surface area contributed by atoms with Gasteiger partial charge in [0.05, 0.1) is 0 Å². The number of benzene rings is 1. The van der Waals surface area contributed by atoms with Crippen molar-refractivity contribution in [3.63, 3.8) is 0 Å². The number of aryl methyl sites for hydroxylation is 1. The topological polar surface area (TPSA) is 98.2 Å². The van der Waals surface area contributed by atoms with Gasteiger partial charge in [0.25, 0.3) is 0 Å². The molecule has 0 spiro atoms. The molecule has 0 unspecified atom stereocenters. The van der Waals surface area contributed by atoms with Gasteiger partial charge < -0.3 is 20.0 Å². The molecule has 1 aromatic carbocycles. The van der Waals surface area contributed by atoms with E-state index in [1.54, 1.807) is 0 Å². The minimum absolute atomic E-state index is 0.274. The van der Waals surface area contributed by atoms with E-state index in [0.29, 0.717) is 0 Å². The van der Waals surface area contributed by atoms with Crippen LogP contribution in [0.2, 0.25) is 0 Å². The molecule has 0 heterocycles. The van der Waals surface area contributed by atoms with E-state index in [4.69, 9.17) is 10.2 Å². The minimum atomic E-state index is -1.26. The van der Waals surface area contributed by atoms with Gasteiger partial charge in [-0.05, 0) is 12.5 Å². The van der Waals surface area contributed by atoms with Gasteiger partial charge in [0.1, 0.15) is 13.1 Å². The predicted octanol–water partition coefficient (Wildman–Crippen LogP) is 1.02. The van der Waals surface area contributed by atoms with Gasteiger partial charge in [0.15, 0.2) is 0 Å².